The fourth-order valence-corrected chi connectivity index (χ4v) is 3.20. The van der Waals surface area contributed by atoms with Gasteiger partial charge in [-0.25, -0.2) is 9.36 Å². The van der Waals surface area contributed by atoms with Gasteiger partial charge in [0, 0.05) is 10.5 Å². The number of benzene rings is 1. The van der Waals surface area contributed by atoms with Gasteiger partial charge in [-0.05, 0) is 63.1 Å². The predicted molar refractivity (Wildman–Crippen MR) is 104 cm³/mol. The van der Waals surface area contributed by atoms with E-state index in [0.29, 0.717) is 22.4 Å². The average Bonchev–Trinajstić information content (AvgIpc) is 2.96. The van der Waals surface area contributed by atoms with Crippen LogP contribution in [0.25, 0.3) is 5.69 Å². The van der Waals surface area contributed by atoms with Crippen molar-refractivity contribution in [2.75, 3.05) is 0 Å². The average molecular weight is 514 g/mol. The van der Waals surface area contributed by atoms with Crippen LogP contribution in [0, 0.1) is 10.5 Å². The molecule has 0 saturated heterocycles. The van der Waals surface area contributed by atoms with Gasteiger partial charge in [-0.1, -0.05) is 17.3 Å². The molecule has 0 amide bonds. The van der Waals surface area contributed by atoms with Gasteiger partial charge in [0.2, 0.25) is 0 Å². The maximum Gasteiger partial charge on any atom is 0.283 e. The van der Waals surface area contributed by atoms with Crippen molar-refractivity contribution in [1.82, 2.24) is 24.8 Å². The van der Waals surface area contributed by atoms with Gasteiger partial charge in [-0.2, -0.15) is 5.10 Å². The van der Waals surface area contributed by atoms with Gasteiger partial charge in [-0.3, -0.25) is 9.59 Å². The maximum atomic E-state index is 12.6. The maximum absolute atomic E-state index is 12.6. The van der Waals surface area contributed by atoms with E-state index in [-0.39, 0.29) is 17.0 Å². The summed E-state index contributed by atoms with van der Waals surface area (Å²) in [5.41, 5.74) is 1.97. The molecule has 1 aromatic carbocycles. The van der Waals surface area contributed by atoms with Gasteiger partial charge in [0.05, 0.1) is 18.4 Å². The first-order chi connectivity index (χ1) is 11.9. The Morgan fingerprint density at radius 2 is 1.96 bits per heavy atom. The summed E-state index contributed by atoms with van der Waals surface area (Å²) in [6, 6.07) is 7.87. The highest BCUT2D eigenvalue weighted by Gasteiger charge is 2.18. The molecule has 2 heterocycles. The first-order valence-electron chi connectivity index (χ1n) is 7.32. The van der Waals surface area contributed by atoms with Crippen molar-refractivity contribution in [3.05, 3.63) is 65.8 Å². The quantitative estimate of drug-likeness (QED) is 0.395. The van der Waals surface area contributed by atoms with E-state index in [1.807, 2.05) is 24.3 Å². The minimum absolute atomic E-state index is 0.181. The molecule has 0 fully saturated rings. The van der Waals surface area contributed by atoms with Crippen molar-refractivity contribution in [3.63, 3.8) is 0 Å². The molecule has 9 heteroatoms. The Kier molecular flexibility index (Phi) is 5.13. The molecule has 0 aliphatic rings. The highest BCUT2D eigenvalue weighted by molar-refractivity contribution is 14.1. The molecule has 0 spiro atoms. The topological polar surface area (TPSA) is 82.7 Å². The number of Topliss-reactive ketones (excluding diaryl/α,β-unsaturated/α-hetero) is 1. The van der Waals surface area contributed by atoms with Crippen molar-refractivity contribution < 1.29 is 4.79 Å². The van der Waals surface area contributed by atoms with Crippen LogP contribution in [0.1, 0.15) is 28.7 Å². The van der Waals surface area contributed by atoms with Gasteiger partial charge in [-0.15, -0.1) is 5.10 Å². The van der Waals surface area contributed by atoms with Crippen LogP contribution in [0.4, 0.5) is 0 Å². The van der Waals surface area contributed by atoms with E-state index in [1.165, 1.54) is 22.5 Å². The first kappa shape index (κ1) is 17.9. The number of rotatable bonds is 4. The van der Waals surface area contributed by atoms with E-state index in [4.69, 9.17) is 0 Å². The van der Waals surface area contributed by atoms with Gasteiger partial charge >= 0.3 is 0 Å². The van der Waals surface area contributed by atoms with Crippen LogP contribution in [0.2, 0.25) is 0 Å². The summed E-state index contributed by atoms with van der Waals surface area (Å²) in [5, 5.41) is 12.1. The second kappa shape index (κ2) is 7.16. The number of nitrogens with zero attached hydrogens (tertiary/aromatic N) is 5. The minimum Gasteiger partial charge on any atom is -0.293 e. The van der Waals surface area contributed by atoms with Crippen LogP contribution >= 0.6 is 38.5 Å². The van der Waals surface area contributed by atoms with Crippen LogP contribution in [0.5, 0.6) is 0 Å². The van der Waals surface area contributed by atoms with E-state index < -0.39 is 0 Å². The fraction of sp³-hybridized carbons (Fsp3) is 0.188. The van der Waals surface area contributed by atoms with E-state index >= 15 is 0 Å². The Morgan fingerprint density at radius 1 is 1.28 bits per heavy atom. The molecule has 0 N–H and O–H groups in total. The van der Waals surface area contributed by atoms with Crippen LogP contribution in [0.3, 0.4) is 0 Å². The van der Waals surface area contributed by atoms with Crippen molar-refractivity contribution in [3.8, 4) is 5.69 Å². The summed E-state index contributed by atoms with van der Waals surface area (Å²) < 4.78 is 4.25. The van der Waals surface area contributed by atoms with Gasteiger partial charge < -0.3 is 0 Å². The van der Waals surface area contributed by atoms with Crippen LogP contribution in [-0.2, 0) is 6.54 Å². The third-order valence-corrected chi connectivity index (χ3v) is 5.13. The number of carbonyl (C=O) groups is 1. The van der Waals surface area contributed by atoms with Crippen LogP contribution in [-0.4, -0.2) is 30.6 Å². The number of halogens is 2. The number of aromatic nitrogens is 5. The molecular formula is C16H13BrIN5O2. The Morgan fingerprint density at radius 3 is 2.56 bits per heavy atom. The predicted octanol–water partition coefficient (Wildman–Crippen LogP) is 2.75. The van der Waals surface area contributed by atoms with Crippen LogP contribution in [0.15, 0.2) is 39.7 Å². The SMILES string of the molecule is CC(=O)c1nnn(-c2cnn(Cc3ccc(I)cc3)c(=O)c2Br)c1C. The van der Waals surface area contributed by atoms with E-state index in [2.05, 4.69) is 53.9 Å². The smallest absolute Gasteiger partial charge is 0.283 e. The molecule has 0 saturated carbocycles. The van der Waals surface area contributed by atoms with Crippen molar-refractivity contribution in [2.24, 2.45) is 0 Å². The Balaban J connectivity index is 2.00. The fourth-order valence-electron chi connectivity index (χ4n) is 2.36. The zero-order valence-electron chi connectivity index (χ0n) is 13.4. The second-order valence-corrected chi connectivity index (χ2v) is 7.46. The Bertz CT molecular complexity index is 1010. The molecule has 128 valence electrons. The lowest BCUT2D eigenvalue weighted by molar-refractivity contribution is 0.101. The lowest BCUT2D eigenvalue weighted by Gasteiger charge is -2.09. The monoisotopic (exact) mass is 513 g/mol. The standard InChI is InChI=1S/C16H13BrIN5O2/c1-9-15(10(2)24)20-21-23(9)13-7-19-22(16(25)14(13)17)8-11-3-5-12(18)6-4-11/h3-7H,8H2,1-2H3. The molecule has 0 bridgehead atoms. The van der Waals surface area contributed by atoms with Gasteiger partial charge in [0.25, 0.3) is 5.56 Å². The lowest BCUT2D eigenvalue weighted by atomic mass is 10.2. The zero-order chi connectivity index (χ0) is 18.1. The summed E-state index contributed by atoms with van der Waals surface area (Å²) in [6.07, 6.45) is 1.53. The third-order valence-electron chi connectivity index (χ3n) is 3.67. The first-order valence-corrected chi connectivity index (χ1v) is 9.19. The second-order valence-electron chi connectivity index (χ2n) is 5.42. The third kappa shape index (κ3) is 3.56. The Hall–Kier alpha value is -1.88. The lowest BCUT2D eigenvalue weighted by Crippen LogP contribution is -2.25. The van der Waals surface area contributed by atoms with Gasteiger partial charge in [0.1, 0.15) is 10.2 Å². The summed E-state index contributed by atoms with van der Waals surface area (Å²) in [7, 11) is 0. The normalized spacial score (nSPS) is 10.9. The Labute approximate surface area is 165 Å². The number of hydrogen-bond acceptors (Lipinski definition) is 5. The number of carbonyl (C=O) groups excluding carboxylic acids is 1. The largest absolute Gasteiger partial charge is 0.293 e. The summed E-state index contributed by atoms with van der Waals surface area (Å²) in [5.74, 6) is -0.181. The summed E-state index contributed by atoms with van der Waals surface area (Å²) in [4.78, 5) is 24.1. The van der Waals surface area contributed by atoms with Crippen LogP contribution < -0.4 is 5.56 Å². The highest BCUT2D eigenvalue weighted by Crippen LogP contribution is 2.18. The molecular weight excluding hydrogens is 501 g/mol. The van der Waals surface area contributed by atoms with Crippen molar-refractivity contribution >= 4 is 44.3 Å². The molecule has 3 rings (SSSR count). The summed E-state index contributed by atoms with van der Waals surface area (Å²) >= 11 is 5.55. The summed E-state index contributed by atoms with van der Waals surface area (Å²) in [6.45, 7) is 3.51. The molecule has 7 nitrogen and oxygen atoms in total. The molecule has 0 aliphatic heterocycles. The molecule has 25 heavy (non-hydrogen) atoms. The number of hydrogen-bond donors (Lipinski definition) is 0. The molecule has 0 unspecified atom stereocenters. The molecule has 0 radical (unpaired) electrons. The van der Waals surface area contributed by atoms with Crippen molar-refractivity contribution in [1.29, 1.82) is 0 Å². The van der Waals surface area contributed by atoms with Gasteiger partial charge in [0.15, 0.2) is 11.5 Å². The van der Waals surface area contributed by atoms with E-state index in [9.17, 15) is 9.59 Å². The molecule has 2 aromatic heterocycles. The number of ketones is 1. The van der Waals surface area contributed by atoms with E-state index in [1.54, 1.807) is 6.92 Å². The molecule has 3 aromatic rings. The highest BCUT2D eigenvalue weighted by atomic mass is 127. The van der Waals surface area contributed by atoms with Crippen molar-refractivity contribution in [2.45, 2.75) is 20.4 Å². The molecule has 0 atom stereocenters. The molecule has 0 aliphatic carbocycles. The van der Waals surface area contributed by atoms with E-state index in [0.717, 1.165) is 9.13 Å². The minimum atomic E-state index is -0.282. The zero-order valence-corrected chi connectivity index (χ0v) is 17.1.